The Labute approximate surface area is 168 Å². The molecule has 1 aliphatic heterocycles. The first-order valence-corrected chi connectivity index (χ1v) is 9.93. The van der Waals surface area contributed by atoms with Crippen molar-refractivity contribution in [3.63, 3.8) is 0 Å². The molecular weight excluding hydrogens is 364 g/mol. The minimum Gasteiger partial charge on any atom is -0.494 e. The second-order valence-electron chi connectivity index (χ2n) is 7.39. The number of nitrogens with zero attached hydrogens (tertiary/aromatic N) is 1. The van der Waals surface area contributed by atoms with E-state index in [4.69, 9.17) is 4.74 Å². The van der Waals surface area contributed by atoms with Gasteiger partial charge >= 0.3 is 0 Å². The van der Waals surface area contributed by atoms with Crippen LogP contribution in [0.1, 0.15) is 55.8 Å². The number of benzene rings is 1. The zero-order valence-corrected chi connectivity index (χ0v) is 16.9. The van der Waals surface area contributed by atoms with Crippen molar-refractivity contribution < 1.29 is 14.3 Å². The van der Waals surface area contributed by atoms with Crippen LogP contribution in [0.3, 0.4) is 0 Å². The van der Waals surface area contributed by atoms with Crippen molar-refractivity contribution in [1.29, 1.82) is 0 Å². The van der Waals surface area contributed by atoms with E-state index in [1.165, 1.54) is 12.8 Å². The number of ether oxygens (including phenoxy) is 1. The van der Waals surface area contributed by atoms with Crippen molar-refractivity contribution >= 4 is 24.1 Å². The maximum atomic E-state index is 12.4. The molecule has 1 heterocycles. The van der Waals surface area contributed by atoms with Crippen LogP contribution in [-0.4, -0.2) is 48.9 Å². The molecule has 1 aromatic rings. The Hall–Kier alpha value is -1.59. The van der Waals surface area contributed by atoms with Crippen LogP contribution < -0.4 is 10.1 Å². The SMILES string of the molecule is CCOc1ccc(C(=O)CCC(=O)N2CCC(NCC3CC3)CC2)cc1.Cl. The molecule has 0 spiro atoms. The van der Waals surface area contributed by atoms with Crippen LogP contribution in [0.4, 0.5) is 0 Å². The van der Waals surface area contributed by atoms with Crippen LogP contribution in [0.2, 0.25) is 0 Å². The molecule has 0 atom stereocenters. The van der Waals surface area contributed by atoms with Crippen LogP contribution in [0.15, 0.2) is 24.3 Å². The van der Waals surface area contributed by atoms with Crippen molar-refractivity contribution in [3.8, 4) is 5.75 Å². The lowest BCUT2D eigenvalue weighted by atomic mass is 10.0. The predicted octanol–water partition coefficient (Wildman–Crippen LogP) is 3.46. The highest BCUT2D eigenvalue weighted by atomic mass is 35.5. The molecule has 0 bridgehead atoms. The lowest BCUT2D eigenvalue weighted by Gasteiger charge is -2.32. The summed E-state index contributed by atoms with van der Waals surface area (Å²) in [5, 5.41) is 3.63. The van der Waals surface area contributed by atoms with E-state index in [0.717, 1.165) is 44.1 Å². The molecule has 1 saturated heterocycles. The second-order valence-corrected chi connectivity index (χ2v) is 7.39. The van der Waals surface area contributed by atoms with Gasteiger partial charge in [-0.15, -0.1) is 12.4 Å². The number of halogens is 1. The number of rotatable bonds is 9. The fourth-order valence-corrected chi connectivity index (χ4v) is 3.41. The first-order valence-electron chi connectivity index (χ1n) is 9.93. The van der Waals surface area contributed by atoms with Gasteiger partial charge in [-0.2, -0.15) is 0 Å². The normalized spacial score (nSPS) is 17.3. The molecular formula is C21H31ClN2O3. The highest BCUT2D eigenvalue weighted by Crippen LogP contribution is 2.28. The summed E-state index contributed by atoms with van der Waals surface area (Å²) in [6, 6.07) is 7.70. The quantitative estimate of drug-likeness (QED) is 0.651. The zero-order chi connectivity index (χ0) is 18.4. The number of hydrogen-bond donors (Lipinski definition) is 1. The zero-order valence-electron chi connectivity index (χ0n) is 16.1. The van der Waals surface area contributed by atoms with Gasteiger partial charge in [0.1, 0.15) is 5.75 Å². The standard InChI is InChI=1S/C21H30N2O3.ClH/c1-2-26-19-7-5-17(6-8-19)20(24)9-10-21(25)23-13-11-18(12-14-23)22-15-16-3-4-16;/h5-8,16,18,22H,2-4,9-15H2,1H3;1H. The van der Waals surface area contributed by atoms with Crippen molar-refractivity contribution in [2.24, 2.45) is 5.92 Å². The molecule has 2 aliphatic rings. The maximum Gasteiger partial charge on any atom is 0.223 e. The number of amides is 1. The lowest BCUT2D eigenvalue weighted by Crippen LogP contribution is -2.45. The Balaban J connectivity index is 0.00000261. The van der Waals surface area contributed by atoms with Crippen molar-refractivity contribution in [2.75, 3.05) is 26.2 Å². The summed E-state index contributed by atoms with van der Waals surface area (Å²) in [7, 11) is 0. The molecule has 150 valence electrons. The molecule has 1 aromatic carbocycles. The van der Waals surface area contributed by atoms with E-state index >= 15 is 0 Å². The van der Waals surface area contributed by atoms with Crippen molar-refractivity contribution in [1.82, 2.24) is 10.2 Å². The van der Waals surface area contributed by atoms with Gasteiger partial charge in [-0.25, -0.2) is 0 Å². The smallest absolute Gasteiger partial charge is 0.223 e. The Bertz CT molecular complexity index is 608. The van der Waals surface area contributed by atoms with Crippen LogP contribution in [0.25, 0.3) is 0 Å². The van der Waals surface area contributed by atoms with Crippen LogP contribution in [0, 0.1) is 5.92 Å². The molecule has 3 rings (SSSR count). The maximum absolute atomic E-state index is 12.4. The largest absolute Gasteiger partial charge is 0.494 e. The van der Waals surface area contributed by atoms with Crippen molar-refractivity contribution in [2.45, 2.75) is 51.5 Å². The van der Waals surface area contributed by atoms with E-state index in [1.807, 2.05) is 11.8 Å². The predicted molar refractivity (Wildman–Crippen MR) is 109 cm³/mol. The van der Waals surface area contributed by atoms with Gasteiger partial charge in [0.25, 0.3) is 0 Å². The van der Waals surface area contributed by atoms with Crippen LogP contribution in [-0.2, 0) is 4.79 Å². The molecule has 0 radical (unpaired) electrons. The minimum absolute atomic E-state index is 0. The Morgan fingerprint density at radius 1 is 1.07 bits per heavy atom. The van der Waals surface area contributed by atoms with Gasteiger partial charge in [-0.05, 0) is 69.3 Å². The van der Waals surface area contributed by atoms with Gasteiger partial charge < -0.3 is 15.0 Å². The Morgan fingerprint density at radius 2 is 1.74 bits per heavy atom. The third kappa shape index (κ3) is 6.82. The number of nitrogens with one attached hydrogen (secondary N) is 1. The van der Waals surface area contributed by atoms with Gasteiger partial charge in [0.05, 0.1) is 6.61 Å². The number of likely N-dealkylation sites (tertiary alicyclic amines) is 1. The molecule has 2 fully saturated rings. The summed E-state index contributed by atoms with van der Waals surface area (Å²) in [5.74, 6) is 1.77. The number of carbonyl (C=O) groups is 2. The average molecular weight is 395 g/mol. The molecule has 1 N–H and O–H groups in total. The number of Topliss-reactive ketones (excluding diaryl/α,β-unsaturated/α-hetero) is 1. The summed E-state index contributed by atoms with van der Waals surface area (Å²) in [4.78, 5) is 26.6. The Kier molecular flexibility index (Phi) is 8.58. The van der Waals surface area contributed by atoms with E-state index in [9.17, 15) is 9.59 Å². The molecule has 0 unspecified atom stereocenters. The van der Waals surface area contributed by atoms with Gasteiger partial charge in [0.15, 0.2) is 5.78 Å². The summed E-state index contributed by atoms with van der Waals surface area (Å²) >= 11 is 0. The fraction of sp³-hybridized carbons (Fsp3) is 0.619. The molecule has 1 saturated carbocycles. The van der Waals surface area contributed by atoms with Crippen LogP contribution in [0.5, 0.6) is 5.75 Å². The van der Waals surface area contributed by atoms with E-state index in [2.05, 4.69) is 5.32 Å². The Morgan fingerprint density at radius 3 is 2.33 bits per heavy atom. The number of ketones is 1. The first kappa shape index (κ1) is 21.7. The highest BCUT2D eigenvalue weighted by molar-refractivity contribution is 5.98. The van der Waals surface area contributed by atoms with E-state index in [0.29, 0.717) is 24.6 Å². The fourth-order valence-electron chi connectivity index (χ4n) is 3.41. The van der Waals surface area contributed by atoms with Gasteiger partial charge in [-0.3, -0.25) is 9.59 Å². The third-order valence-corrected chi connectivity index (χ3v) is 5.29. The van der Waals surface area contributed by atoms with Gasteiger partial charge in [0, 0.05) is 37.5 Å². The number of hydrogen-bond acceptors (Lipinski definition) is 4. The minimum atomic E-state index is 0. The topological polar surface area (TPSA) is 58.6 Å². The summed E-state index contributed by atoms with van der Waals surface area (Å²) in [6.07, 6.45) is 5.34. The molecule has 27 heavy (non-hydrogen) atoms. The summed E-state index contributed by atoms with van der Waals surface area (Å²) in [6.45, 7) is 5.28. The monoisotopic (exact) mass is 394 g/mol. The second kappa shape index (κ2) is 10.7. The third-order valence-electron chi connectivity index (χ3n) is 5.29. The molecule has 1 aliphatic carbocycles. The van der Waals surface area contributed by atoms with E-state index < -0.39 is 0 Å². The summed E-state index contributed by atoms with van der Waals surface area (Å²) in [5.41, 5.74) is 0.643. The first-order chi connectivity index (χ1) is 12.7. The average Bonchev–Trinajstić information content (AvgIpc) is 3.50. The number of carbonyl (C=O) groups excluding carboxylic acids is 2. The number of piperidine rings is 1. The van der Waals surface area contributed by atoms with Crippen molar-refractivity contribution in [3.05, 3.63) is 29.8 Å². The summed E-state index contributed by atoms with van der Waals surface area (Å²) < 4.78 is 5.38. The molecule has 1 amide bonds. The molecule has 5 nitrogen and oxygen atoms in total. The van der Waals surface area contributed by atoms with Crippen LogP contribution >= 0.6 is 12.4 Å². The van der Waals surface area contributed by atoms with Gasteiger partial charge in [0.2, 0.25) is 5.91 Å². The van der Waals surface area contributed by atoms with E-state index in [1.54, 1.807) is 24.3 Å². The molecule has 0 aromatic heterocycles. The van der Waals surface area contributed by atoms with E-state index in [-0.39, 0.29) is 30.5 Å². The highest BCUT2D eigenvalue weighted by Gasteiger charge is 2.26. The lowest BCUT2D eigenvalue weighted by molar-refractivity contribution is -0.132. The molecule has 6 heteroatoms. The van der Waals surface area contributed by atoms with Gasteiger partial charge in [-0.1, -0.05) is 0 Å².